The molecule has 1 aliphatic heterocycles. The summed E-state index contributed by atoms with van der Waals surface area (Å²) in [5.74, 6) is -0.0907. The molecule has 1 atom stereocenters. The third-order valence-electron chi connectivity index (χ3n) is 5.04. The first-order valence-electron chi connectivity index (χ1n) is 9.10. The second-order valence-corrected chi connectivity index (χ2v) is 7.38. The zero-order chi connectivity index (χ0) is 18.7. The van der Waals surface area contributed by atoms with Gasteiger partial charge in [0.2, 0.25) is 11.8 Å². The molecule has 2 aromatic rings. The molecule has 0 aliphatic carbocycles. The van der Waals surface area contributed by atoms with Crippen LogP contribution in [0.15, 0.2) is 42.5 Å². The molecule has 0 radical (unpaired) electrons. The van der Waals surface area contributed by atoms with E-state index in [9.17, 15) is 9.59 Å². The van der Waals surface area contributed by atoms with Crippen molar-refractivity contribution in [1.29, 1.82) is 0 Å². The first-order valence-corrected chi connectivity index (χ1v) is 9.10. The van der Waals surface area contributed by atoms with E-state index in [0.29, 0.717) is 26.1 Å². The van der Waals surface area contributed by atoms with Gasteiger partial charge in [0.25, 0.3) is 0 Å². The van der Waals surface area contributed by atoms with Crippen molar-refractivity contribution in [3.05, 3.63) is 48.0 Å². The van der Waals surface area contributed by atoms with Gasteiger partial charge in [0.1, 0.15) is 0 Å². The summed E-state index contributed by atoms with van der Waals surface area (Å²) in [6, 6.07) is 14.4. The van der Waals surface area contributed by atoms with Crippen LogP contribution in [-0.4, -0.2) is 67.3 Å². The number of hydrogen-bond acceptors (Lipinski definition) is 3. The van der Waals surface area contributed by atoms with Crippen LogP contribution in [0.4, 0.5) is 0 Å². The Hall–Kier alpha value is -2.40. The first-order chi connectivity index (χ1) is 12.5. The lowest BCUT2D eigenvalue weighted by Crippen LogP contribution is -2.36. The molecule has 0 saturated carbocycles. The van der Waals surface area contributed by atoms with Crippen molar-refractivity contribution in [3.8, 4) is 0 Å². The molecule has 3 rings (SSSR count). The predicted octanol–water partition coefficient (Wildman–Crippen LogP) is 2.21. The SMILES string of the molecule is CN(C)CCN1CC(C(=O)N(C)Cc2cccc3ccccc23)CC1=O. The normalized spacial score (nSPS) is 17.3. The van der Waals surface area contributed by atoms with Gasteiger partial charge in [-0.15, -0.1) is 0 Å². The largest absolute Gasteiger partial charge is 0.341 e. The van der Waals surface area contributed by atoms with Crippen LogP contribution < -0.4 is 0 Å². The molecule has 0 N–H and O–H groups in total. The molecule has 2 aromatic carbocycles. The standard InChI is InChI=1S/C21H27N3O2/c1-22(2)11-12-24-15-18(13-20(24)25)21(26)23(3)14-17-9-6-8-16-7-4-5-10-19(16)17/h4-10,18H,11-15H2,1-3H3. The van der Waals surface area contributed by atoms with Crippen LogP contribution in [0.25, 0.3) is 10.8 Å². The molecular formula is C21H27N3O2. The van der Waals surface area contributed by atoms with Gasteiger partial charge in [0.05, 0.1) is 5.92 Å². The minimum atomic E-state index is -0.232. The summed E-state index contributed by atoms with van der Waals surface area (Å²) in [6.45, 7) is 2.59. The summed E-state index contributed by atoms with van der Waals surface area (Å²) in [7, 11) is 5.80. The molecular weight excluding hydrogens is 326 g/mol. The van der Waals surface area contributed by atoms with Gasteiger partial charge in [-0.25, -0.2) is 0 Å². The van der Waals surface area contributed by atoms with Crippen LogP contribution in [0, 0.1) is 5.92 Å². The minimum Gasteiger partial charge on any atom is -0.341 e. The number of hydrogen-bond donors (Lipinski definition) is 0. The van der Waals surface area contributed by atoms with Gasteiger partial charge in [-0.1, -0.05) is 42.5 Å². The zero-order valence-electron chi connectivity index (χ0n) is 15.8. The fourth-order valence-electron chi connectivity index (χ4n) is 3.55. The van der Waals surface area contributed by atoms with Crippen molar-refractivity contribution in [2.24, 2.45) is 5.92 Å². The van der Waals surface area contributed by atoms with Crippen molar-refractivity contribution in [2.75, 3.05) is 40.8 Å². The van der Waals surface area contributed by atoms with Crippen LogP contribution in [0.1, 0.15) is 12.0 Å². The molecule has 1 saturated heterocycles. The topological polar surface area (TPSA) is 43.9 Å². The van der Waals surface area contributed by atoms with E-state index in [2.05, 4.69) is 29.2 Å². The van der Waals surface area contributed by atoms with E-state index in [1.54, 1.807) is 4.90 Å². The molecule has 5 nitrogen and oxygen atoms in total. The van der Waals surface area contributed by atoms with E-state index >= 15 is 0 Å². The van der Waals surface area contributed by atoms with Crippen LogP contribution in [-0.2, 0) is 16.1 Å². The number of benzene rings is 2. The number of likely N-dealkylation sites (tertiary alicyclic amines) is 1. The van der Waals surface area contributed by atoms with E-state index in [1.165, 1.54) is 10.8 Å². The van der Waals surface area contributed by atoms with Gasteiger partial charge >= 0.3 is 0 Å². The van der Waals surface area contributed by atoms with Gasteiger partial charge < -0.3 is 14.7 Å². The Kier molecular flexibility index (Phi) is 5.57. The number of carbonyl (C=O) groups is 2. The molecule has 0 bridgehead atoms. The first kappa shape index (κ1) is 18.4. The Morgan fingerprint density at radius 2 is 1.85 bits per heavy atom. The summed E-state index contributed by atoms with van der Waals surface area (Å²) in [4.78, 5) is 30.7. The van der Waals surface area contributed by atoms with Crippen LogP contribution >= 0.6 is 0 Å². The molecule has 0 aromatic heterocycles. The molecule has 1 aliphatic rings. The van der Waals surface area contributed by atoms with E-state index in [4.69, 9.17) is 0 Å². The fraction of sp³-hybridized carbons (Fsp3) is 0.429. The molecule has 2 amide bonds. The number of fused-ring (bicyclic) bond motifs is 1. The molecule has 1 heterocycles. The lowest BCUT2D eigenvalue weighted by Gasteiger charge is -2.23. The highest BCUT2D eigenvalue weighted by atomic mass is 16.2. The van der Waals surface area contributed by atoms with Crippen molar-refractivity contribution >= 4 is 22.6 Å². The molecule has 5 heteroatoms. The van der Waals surface area contributed by atoms with Gasteiger partial charge in [0.15, 0.2) is 0 Å². The Labute approximate surface area is 155 Å². The predicted molar refractivity (Wildman–Crippen MR) is 104 cm³/mol. The monoisotopic (exact) mass is 353 g/mol. The van der Waals surface area contributed by atoms with Crippen molar-refractivity contribution < 1.29 is 9.59 Å². The Balaban J connectivity index is 1.65. The average molecular weight is 353 g/mol. The van der Waals surface area contributed by atoms with Crippen molar-refractivity contribution in [2.45, 2.75) is 13.0 Å². The van der Waals surface area contributed by atoms with E-state index in [1.807, 2.05) is 44.2 Å². The third-order valence-corrected chi connectivity index (χ3v) is 5.04. The summed E-state index contributed by atoms with van der Waals surface area (Å²) in [6.07, 6.45) is 0.326. The van der Waals surface area contributed by atoms with Crippen molar-refractivity contribution in [1.82, 2.24) is 14.7 Å². The van der Waals surface area contributed by atoms with Crippen molar-refractivity contribution in [3.63, 3.8) is 0 Å². The highest BCUT2D eigenvalue weighted by molar-refractivity contribution is 5.90. The van der Waals surface area contributed by atoms with Gasteiger partial charge in [0, 0.05) is 39.6 Å². The Morgan fingerprint density at radius 3 is 2.62 bits per heavy atom. The van der Waals surface area contributed by atoms with E-state index in [-0.39, 0.29) is 17.7 Å². The van der Waals surface area contributed by atoms with E-state index < -0.39 is 0 Å². The maximum Gasteiger partial charge on any atom is 0.228 e. The lowest BCUT2D eigenvalue weighted by molar-refractivity contribution is -0.135. The molecule has 26 heavy (non-hydrogen) atoms. The lowest BCUT2D eigenvalue weighted by atomic mass is 10.0. The number of likely N-dealkylation sites (N-methyl/N-ethyl adjacent to an activating group) is 1. The zero-order valence-corrected chi connectivity index (χ0v) is 15.8. The van der Waals surface area contributed by atoms with E-state index in [0.717, 1.165) is 12.1 Å². The minimum absolute atomic E-state index is 0.0543. The highest BCUT2D eigenvalue weighted by Crippen LogP contribution is 2.23. The van der Waals surface area contributed by atoms with Gasteiger partial charge in [-0.05, 0) is 30.4 Å². The average Bonchev–Trinajstić information content (AvgIpc) is 3.00. The summed E-state index contributed by atoms with van der Waals surface area (Å²) in [5, 5.41) is 2.35. The summed E-state index contributed by atoms with van der Waals surface area (Å²) >= 11 is 0. The second kappa shape index (κ2) is 7.87. The van der Waals surface area contributed by atoms with Crippen LogP contribution in [0.3, 0.4) is 0 Å². The maximum absolute atomic E-state index is 12.9. The third kappa shape index (κ3) is 4.05. The number of rotatable bonds is 6. The molecule has 0 spiro atoms. The number of carbonyl (C=O) groups excluding carboxylic acids is 2. The number of amides is 2. The summed E-state index contributed by atoms with van der Waals surface area (Å²) < 4.78 is 0. The van der Waals surface area contributed by atoms with Gasteiger partial charge in [-0.2, -0.15) is 0 Å². The number of nitrogens with zero attached hydrogens (tertiary/aromatic N) is 3. The maximum atomic E-state index is 12.9. The fourth-order valence-corrected chi connectivity index (χ4v) is 3.55. The van der Waals surface area contributed by atoms with Crippen LogP contribution in [0.2, 0.25) is 0 Å². The Morgan fingerprint density at radius 1 is 1.12 bits per heavy atom. The second-order valence-electron chi connectivity index (χ2n) is 7.38. The Bertz CT molecular complexity index is 797. The summed E-state index contributed by atoms with van der Waals surface area (Å²) in [5.41, 5.74) is 1.13. The smallest absolute Gasteiger partial charge is 0.228 e. The molecule has 138 valence electrons. The van der Waals surface area contributed by atoms with Gasteiger partial charge in [-0.3, -0.25) is 9.59 Å². The molecule has 1 fully saturated rings. The quantitative estimate of drug-likeness (QED) is 0.800. The molecule has 1 unspecified atom stereocenters. The van der Waals surface area contributed by atoms with Crippen LogP contribution in [0.5, 0.6) is 0 Å². The highest BCUT2D eigenvalue weighted by Gasteiger charge is 2.35.